The highest BCUT2D eigenvalue weighted by Crippen LogP contribution is 2.36. The third-order valence-electron chi connectivity index (χ3n) is 6.20. The van der Waals surface area contributed by atoms with Crippen LogP contribution in [0.25, 0.3) is 42.7 Å². The minimum Gasteiger partial charge on any atom is -0.456 e. The van der Waals surface area contributed by atoms with Crippen molar-refractivity contribution in [3.05, 3.63) is 60.7 Å². The van der Waals surface area contributed by atoms with Gasteiger partial charge in [-0.15, -0.1) is 11.3 Å². The topological polar surface area (TPSA) is 55.5 Å². The van der Waals surface area contributed by atoms with E-state index in [2.05, 4.69) is 24.3 Å². The summed E-state index contributed by atoms with van der Waals surface area (Å²) in [5.41, 5.74) is 2.96. The smallest absolute Gasteiger partial charge is 0.312 e. The number of benzene rings is 3. The molecule has 0 bridgehead atoms. The van der Waals surface area contributed by atoms with Crippen LogP contribution in [0.5, 0.6) is 0 Å². The fraction of sp³-hybridized carbons (Fsp3) is 0.240. The number of hydrogen-bond acceptors (Lipinski definition) is 5. The zero-order valence-corrected chi connectivity index (χ0v) is 18.9. The first kappa shape index (κ1) is 20.2. The molecule has 0 saturated carbocycles. The third kappa shape index (κ3) is 3.45. The second kappa shape index (κ2) is 7.19. The normalized spacial score (nSPS) is 12.8. The van der Waals surface area contributed by atoms with E-state index in [4.69, 9.17) is 14.1 Å². The summed E-state index contributed by atoms with van der Waals surface area (Å²) in [6.07, 6.45) is 0. The van der Waals surface area contributed by atoms with E-state index in [1.54, 1.807) is 25.2 Å². The number of aromatic nitrogens is 1. The van der Waals surface area contributed by atoms with Crippen LogP contribution in [0.2, 0.25) is 0 Å². The number of rotatable bonds is 5. The van der Waals surface area contributed by atoms with E-state index >= 15 is 0 Å². The van der Waals surface area contributed by atoms with Crippen LogP contribution in [0.4, 0.5) is 0 Å². The molecule has 1 N–H and O–H groups in total. The molecule has 5 rings (SSSR count). The highest BCUT2D eigenvalue weighted by Gasteiger charge is 2.36. The van der Waals surface area contributed by atoms with Gasteiger partial charge in [0.25, 0.3) is 0 Å². The molecule has 0 aliphatic rings. The predicted molar refractivity (Wildman–Crippen MR) is 131 cm³/mol. The number of furan rings is 1. The Morgan fingerprint density at radius 1 is 0.968 bits per heavy atom. The maximum Gasteiger partial charge on any atom is 0.312 e. The lowest BCUT2D eigenvalue weighted by atomic mass is 9.80. The molecule has 0 aliphatic heterocycles. The van der Waals surface area contributed by atoms with E-state index in [0.29, 0.717) is 7.48 Å². The number of para-hydroxylation sites is 1. The molecule has 0 atom stereocenters. The summed E-state index contributed by atoms with van der Waals surface area (Å²) in [6.45, 7) is 7.36. The van der Waals surface area contributed by atoms with E-state index in [9.17, 15) is 5.11 Å². The maximum atomic E-state index is 10.6. The molecule has 0 spiro atoms. The molecule has 4 nitrogen and oxygen atoms in total. The molecule has 156 valence electrons. The van der Waals surface area contributed by atoms with Gasteiger partial charge < -0.3 is 14.2 Å². The second-order valence-electron chi connectivity index (χ2n) is 8.92. The van der Waals surface area contributed by atoms with Crippen LogP contribution in [-0.4, -0.2) is 28.8 Å². The standard InChI is InChI=1S/C25H24BNO3S/c1-24(2,28)25(3,4)30-26-21-20-16-12-8-9-13-17(16)29-18(20)14-19-22(21)27-23(31-19)15-10-6-5-7-11-15/h5-14,26,28H,1-4H3. The summed E-state index contributed by atoms with van der Waals surface area (Å²) in [4.78, 5) is 5.02. The monoisotopic (exact) mass is 429 g/mol. The van der Waals surface area contributed by atoms with Gasteiger partial charge in [0.1, 0.15) is 16.2 Å². The largest absolute Gasteiger partial charge is 0.456 e. The van der Waals surface area contributed by atoms with Gasteiger partial charge in [-0.3, -0.25) is 0 Å². The molecule has 0 fully saturated rings. The van der Waals surface area contributed by atoms with Gasteiger partial charge in [0.05, 0.1) is 21.4 Å². The Kier molecular flexibility index (Phi) is 4.70. The van der Waals surface area contributed by atoms with Crippen molar-refractivity contribution in [1.82, 2.24) is 4.98 Å². The van der Waals surface area contributed by atoms with Crippen molar-refractivity contribution in [2.75, 3.05) is 0 Å². The zero-order valence-electron chi connectivity index (χ0n) is 18.1. The molecule has 0 amide bonds. The Morgan fingerprint density at radius 2 is 1.68 bits per heavy atom. The minimum absolute atomic E-state index is 0.326. The van der Waals surface area contributed by atoms with Gasteiger partial charge in [0.2, 0.25) is 0 Å². The van der Waals surface area contributed by atoms with Gasteiger partial charge >= 0.3 is 7.48 Å². The summed E-state index contributed by atoms with van der Waals surface area (Å²) in [5, 5.41) is 13.6. The van der Waals surface area contributed by atoms with Crippen molar-refractivity contribution in [2.24, 2.45) is 0 Å². The Hall–Kier alpha value is -2.67. The van der Waals surface area contributed by atoms with Gasteiger partial charge in [0.15, 0.2) is 0 Å². The van der Waals surface area contributed by atoms with E-state index < -0.39 is 11.2 Å². The van der Waals surface area contributed by atoms with Crippen molar-refractivity contribution >= 4 is 56.4 Å². The van der Waals surface area contributed by atoms with Gasteiger partial charge in [-0.05, 0) is 39.2 Å². The maximum absolute atomic E-state index is 10.6. The van der Waals surface area contributed by atoms with Crippen molar-refractivity contribution in [3.63, 3.8) is 0 Å². The summed E-state index contributed by atoms with van der Waals surface area (Å²) < 4.78 is 13.6. The molecule has 0 radical (unpaired) electrons. The molecule has 6 heteroatoms. The molecule has 2 aromatic heterocycles. The first-order valence-electron chi connectivity index (χ1n) is 10.4. The fourth-order valence-corrected chi connectivity index (χ4v) is 4.67. The van der Waals surface area contributed by atoms with Gasteiger partial charge in [0, 0.05) is 22.4 Å². The van der Waals surface area contributed by atoms with Crippen LogP contribution in [0.1, 0.15) is 27.7 Å². The molecule has 31 heavy (non-hydrogen) atoms. The SMILES string of the molecule is CC(C)(O)C(C)(C)OBc1c2nc(-c3ccccc3)sc2cc2oc3ccccc3c12. The fourth-order valence-electron chi connectivity index (χ4n) is 3.63. The number of aliphatic hydroxyl groups is 1. The molecular formula is C25H24BNO3S. The summed E-state index contributed by atoms with van der Waals surface area (Å²) >= 11 is 1.65. The quantitative estimate of drug-likeness (QED) is 0.380. The molecule has 2 heterocycles. The zero-order chi connectivity index (χ0) is 21.8. The minimum atomic E-state index is -0.990. The van der Waals surface area contributed by atoms with Crippen molar-refractivity contribution in [2.45, 2.75) is 38.9 Å². The molecular weight excluding hydrogens is 405 g/mol. The van der Waals surface area contributed by atoms with Crippen LogP contribution in [0.15, 0.2) is 65.1 Å². The average Bonchev–Trinajstić information content (AvgIpc) is 3.32. The summed E-state index contributed by atoms with van der Waals surface area (Å²) in [5.74, 6) is 0. The van der Waals surface area contributed by atoms with Crippen LogP contribution in [-0.2, 0) is 4.65 Å². The summed E-state index contributed by atoms with van der Waals surface area (Å²) in [6, 6.07) is 20.3. The Morgan fingerprint density at radius 3 is 2.42 bits per heavy atom. The van der Waals surface area contributed by atoms with Gasteiger partial charge in [-0.25, -0.2) is 4.98 Å². The van der Waals surface area contributed by atoms with E-state index in [0.717, 1.165) is 48.2 Å². The third-order valence-corrected chi connectivity index (χ3v) is 7.25. The van der Waals surface area contributed by atoms with Crippen molar-refractivity contribution in [3.8, 4) is 10.6 Å². The molecule has 0 aliphatic carbocycles. The van der Waals surface area contributed by atoms with Crippen LogP contribution in [0, 0.1) is 0 Å². The Balaban J connectivity index is 1.74. The lowest BCUT2D eigenvalue weighted by Crippen LogP contribution is -2.49. The molecule has 0 saturated heterocycles. The highest BCUT2D eigenvalue weighted by molar-refractivity contribution is 7.22. The molecule has 3 aromatic carbocycles. The Labute approximate surface area is 185 Å². The number of fused-ring (bicyclic) bond motifs is 4. The predicted octanol–water partition coefficient (Wildman–Crippen LogP) is 5.41. The van der Waals surface area contributed by atoms with Crippen molar-refractivity contribution in [1.29, 1.82) is 0 Å². The van der Waals surface area contributed by atoms with E-state index in [-0.39, 0.29) is 0 Å². The van der Waals surface area contributed by atoms with Crippen molar-refractivity contribution < 1.29 is 14.2 Å². The number of nitrogens with zero attached hydrogens (tertiary/aromatic N) is 1. The lowest BCUT2D eigenvalue weighted by molar-refractivity contribution is -0.0892. The lowest BCUT2D eigenvalue weighted by Gasteiger charge is -2.37. The molecule has 5 aromatic rings. The Bertz CT molecular complexity index is 1400. The second-order valence-corrected chi connectivity index (χ2v) is 9.95. The highest BCUT2D eigenvalue weighted by atomic mass is 32.1. The average molecular weight is 429 g/mol. The number of hydrogen-bond donors (Lipinski definition) is 1. The van der Waals surface area contributed by atoms with Crippen LogP contribution in [0.3, 0.4) is 0 Å². The molecule has 0 unspecified atom stereocenters. The van der Waals surface area contributed by atoms with E-state index in [1.165, 1.54) is 0 Å². The van der Waals surface area contributed by atoms with Gasteiger partial charge in [-0.1, -0.05) is 48.5 Å². The van der Waals surface area contributed by atoms with E-state index in [1.807, 2.05) is 50.2 Å². The number of thiazole rings is 1. The van der Waals surface area contributed by atoms with Crippen LogP contribution < -0.4 is 5.46 Å². The van der Waals surface area contributed by atoms with Gasteiger partial charge in [-0.2, -0.15) is 0 Å². The first-order chi connectivity index (χ1) is 14.7. The summed E-state index contributed by atoms with van der Waals surface area (Å²) in [7, 11) is 0.326. The first-order valence-corrected chi connectivity index (χ1v) is 11.2. The van der Waals surface area contributed by atoms with Crippen LogP contribution >= 0.6 is 11.3 Å².